The van der Waals surface area contributed by atoms with Gasteiger partial charge in [-0.2, -0.15) is 0 Å². The number of imidazole rings is 1. The van der Waals surface area contributed by atoms with Crippen LogP contribution >= 0.6 is 15.9 Å². The Kier molecular flexibility index (Phi) is 7.95. The molecule has 7 aromatic rings. The van der Waals surface area contributed by atoms with Gasteiger partial charge in [-0.25, -0.2) is 9.13 Å². The molecule has 0 radical (unpaired) electrons. The highest BCUT2D eigenvalue weighted by Gasteiger charge is 2.21. The summed E-state index contributed by atoms with van der Waals surface area (Å²) in [7, 11) is 0. The van der Waals surface area contributed by atoms with E-state index >= 15 is 0 Å². The summed E-state index contributed by atoms with van der Waals surface area (Å²) in [6.45, 7) is 5.03. The fourth-order valence-electron chi connectivity index (χ4n) is 5.43. The molecule has 0 spiro atoms. The van der Waals surface area contributed by atoms with Gasteiger partial charge < -0.3 is 25.8 Å². The zero-order chi connectivity index (χ0) is 28.8. The van der Waals surface area contributed by atoms with Crippen LogP contribution in [0.15, 0.2) is 123 Å². The molecule has 214 valence electrons. The largest absolute Gasteiger partial charge is 1.00 e. The lowest BCUT2D eigenvalue weighted by Gasteiger charge is -2.02. The molecule has 0 saturated heterocycles. The Hall–Kier alpha value is -4.20. The number of hydrogen-bond donors (Lipinski definition) is 0. The van der Waals surface area contributed by atoms with E-state index in [1.165, 1.54) is 11.1 Å². The van der Waals surface area contributed by atoms with Crippen molar-refractivity contribution < 1.29 is 35.2 Å². The third-order valence-corrected chi connectivity index (χ3v) is 8.37. The first kappa shape index (κ1) is 28.9. The van der Waals surface area contributed by atoms with Crippen molar-refractivity contribution in [2.45, 2.75) is 26.9 Å². The molecule has 43 heavy (non-hydrogen) atoms. The zero-order valence-electron chi connectivity index (χ0n) is 23.7. The molecule has 0 atom stereocenters. The second kappa shape index (κ2) is 11.8. The van der Waals surface area contributed by atoms with Crippen LogP contribution in [0.1, 0.15) is 33.0 Å². The number of fused-ring (bicyclic) bond motifs is 3. The van der Waals surface area contributed by atoms with E-state index in [-0.39, 0.29) is 29.3 Å². The number of rotatable bonds is 7. The van der Waals surface area contributed by atoms with Gasteiger partial charge in [-0.1, -0.05) is 64.5 Å². The first-order valence-corrected chi connectivity index (χ1v) is 14.7. The summed E-state index contributed by atoms with van der Waals surface area (Å²) >= 11 is 3.46. The summed E-state index contributed by atoms with van der Waals surface area (Å²) in [5, 5.41) is 2.08. The maximum absolute atomic E-state index is 13.3. The van der Waals surface area contributed by atoms with Gasteiger partial charge in [0.15, 0.2) is 17.6 Å². The molecular formula is C36H28Br2N2O3. The number of carbonyl (C=O) groups excluding carboxylic acids is 1. The Morgan fingerprint density at radius 1 is 0.814 bits per heavy atom. The highest BCUT2D eigenvalue weighted by atomic mass is 79.9. The first-order chi connectivity index (χ1) is 20.4. The molecule has 0 saturated carbocycles. The zero-order valence-corrected chi connectivity index (χ0v) is 26.9. The highest BCUT2D eigenvalue weighted by molar-refractivity contribution is 9.10. The summed E-state index contributed by atoms with van der Waals surface area (Å²) in [6, 6.07) is 32.0. The van der Waals surface area contributed by atoms with Gasteiger partial charge in [0.1, 0.15) is 29.2 Å². The molecule has 7 heteroatoms. The van der Waals surface area contributed by atoms with Crippen molar-refractivity contribution in [2.75, 3.05) is 0 Å². The predicted octanol–water partition coefficient (Wildman–Crippen LogP) is 5.82. The van der Waals surface area contributed by atoms with Crippen LogP contribution in [0.3, 0.4) is 0 Å². The van der Waals surface area contributed by atoms with Crippen molar-refractivity contribution in [3.8, 4) is 0 Å². The maximum atomic E-state index is 13.3. The molecular weight excluding hydrogens is 668 g/mol. The van der Waals surface area contributed by atoms with Gasteiger partial charge in [0.05, 0.1) is 5.57 Å². The van der Waals surface area contributed by atoms with Crippen LogP contribution in [-0.4, -0.2) is 10.4 Å². The quantitative estimate of drug-likeness (QED) is 0.156. The monoisotopic (exact) mass is 694 g/mol. The van der Waals surface area contributed by atoms with E-state index in [0.29, 0.717) is 12.1 Å². The number of aryl methyl sites for hydroxylation is 2. The van der Waals surface area contributed by atoms with Gasteiger partial charge in [0, 0.05) is 20.8 Å². The van der Waals surface area contributed by atoms with E-state index in [2.05, 4.69) is 76.8 Å². The average Bonchev–Trinajstić information content (AvgIpc) is 3.70. The molecule has 0 aliphatic rings. The Balaban J connectivity index is 0.00000329. The number of para-hydroxylation sites is 2. The lowest BCUT2D eigenvalue weighted by Crippen LogP contribution is -3.00. The molecule has 4 aromatic carbocycles. The van der Waals surface area contributed by atoms with Gasteiger partial charge in [0.2, 0.25) is 12.1 Å². The summed E-state index contributed by atoms with van der Waals surface area (Å²) in [6.07, 6.45) is 4.18. The Morgan fingerprint density at radius 2 is 1.40 bits per heavy atom. The number of Topliss-reactive ketones (excluding diaryl/α,β-unsaturated/α-hetero) is 1. The number of halogens is 2. The first-order valence-electron chi connectivity index (χ1n) is 13.9. The molecule has 7 rings (SSSR count). The van der Waals surface area contributed by atoms with E-state index in [1.807, 2.05) is 71.6 Å². The van der Waals surface area contributed by atoms with Crippen LogP contribution in [0.4, 0.5) is 0 Å². The van der Waals surface area contributed by atoms with Gasteiger partial charge in [-0.15, -0.1) is 0 Å². The second-order valence-electron chi connectivity index (χ2n) is 10.7. The van der Waals surface area contributed by atoms with Gasteiger partial charge in [0.25, 0.3) is 0 Å². The lowest BCUT2D eigenvalue weighted by atomic mass is 10.1. The normalized spacial score (nSPS) is 11.2. The maximum Gasteiger partial charge on any atom is 0.245 e. The van der Waals surface area contributed by atoms with Crippen molar-refractivity contribution in [1.29, 1.82) is 0 Å². The number of nitrogens with zero attached hydrogens (tertiary/aromatic N) is 2. The van der Waals surface area contributed by atoms with E-state index in [0.717, 1.165) is 54.5 Å². The van der Waals surface area contributed by atoms with Crippen molar-refractivity contribution in [1.82, 2.24) is 4.57 Å². The number of furan rings is 2. The summed E-state index contributed by atoms with van der Waals surface area (Å²) < 4.78 is 17.8. The minimum absolute atomic E-state index is 0. The summed E-state index contributed by atoms with van der Waals surface area (Å²) in [4.78, 5) is 13.3. The minimum atomic E-state index is 0. The Morgan fingerprint density at radius 3 is 2.00 bits per heavy atom. The minimum Gasteiger partial charge on any atom is -1.00 e. The topological polar surface area (TPSA) is 52.2 Å². The third-order valence-electron chi connectivity index (χ3n) is 7.84. The average molecular weight is 696 g/mol. The van der Waals surface area contributed by atoms with Crippen molar-refractivity contribution in [2.24, 2.45) is 0 Å². The smallest absolute Gasteiger partial charge is 0.245 e. The van der Waals surface area contributed by atoms with Crippen LogP contribution in [0.25, 0.3) is 38.5 Å². The van der Waals surface area contributed by atoms with Crippen molar-refractivity contribution in [3.63, 3.8) is 0 Å². The fraction of sp³-hybridized carbons (Fsp3) is 0.111. The molecule has 0 aliphatic carbocycles. The van der Waals surface area contributed by atoms with Crippen LogP contribution < -0.4 is 21.5 Å². The van der Waals surface area contributed by atoms with Crippen molar-refractivity contribution in [3.05, 3.63) is 142 Å². The van der Waals surface area contributed by atoms with Crippen LogP contribution in [0.2, 0.25) is 0 Å². The number of carbonyl (C=O) groups is 1. The molecule has 0 amide bonds. The summed E-state index contributed by atoms with van der Waals surface area (Å²) in [5.74, 6) is 1.56. The highest BCUT2D eigenvalue weighted by Crippen LogP contribution is 2.33. The van der Waals surface area contributed by atoms with E-state index in [1.54, 1.807) is 0 Å². The molecule has 0 unspecified atom stereocenters. The van der Waals surface area contributed by atoms with Crippen molar-refractivity contribution >= 4 is 60.3 Å². The number of allylic oxidation sites excluding steroid dienone is 1. The van der Waals surface area contributed by atoms with Gasteiger partial charge in [-0.05, 0) is 79.6 Å². The second-order valence-corrected chi connectivity index (χ2v) is 11.6. The molecule has 0 aliphatic heterocycles. The van der Waals surface area contributed by atoms with Crippen LogP contribution in [0.5, 0.6) is 0 Å². The molecule has 0 N–H and O–H groups in total. The van der Waals surface area contributed by atoms with E-state index < -0.39 is 0 Å². The van der Waals surface area contributed by atoms with Crippen LogP contribution in [-0.2, 0) is 13.1 Å². The van der Waals surface area contributed by atoms with Gasteiger partial charge in [-0.3, -0.25) is 4.79 Å². The predicted molar refractivity (Wildman–Crippen MR) is 170 cm³/mol. The Labute approximate surface area is 267 Å². The van der Waals surface area contributed by atoms with Crippen LogP contribution in [0, 0.1) is 13.8 Å². The molecule has 0 fully saturated rings. The molecule has 3 heterocycles. The van der Waals surface area contributed by atoms with Gasteiger partial charge >= 0.3 is 0 Å². The molecule has 0 bridgehead atoms. The lowest BCUT2D eigenvalue weighted by molar-refractivity contribution is -0.657. The fourth-order valence-corrected chi connectivity index (χ4v) is 5.70. The molecule has 3 aromatic heterocycles. The number of ketones is 1. The molecule has 5 nitrogen and oxygen atoms in total. The summed E-state index contributed by atoms with van der Waals surface area (Å²) in [5.41, 5.74) is 7.70. The third kappa shape index (κ3) is 5.63. The SMILES string of the molecule is Cc1cc2c(cc1C)[n+](CC(=O)c1ccc(Br)cc1)cn2CC=C(c1cc2ccccc2o1)c1cc2ccccc2o1.[Br-]. The number of hydrogen-bond acceptors (Lipinski definition) is 3. The number of aromatic nitrogens is 2. The van der Waals surface area contributed by atoms with E-state index in [9.17, 15) is 4.79 Å². The Bertz CT molecular complexity index is 2010. The standard InChI is InChI=1S/C36H28BrN2O3.BrH/c1-23-17-30-31(18-24(23)2)39(21-32(40)25-11-13-28(37)14-12-25)22-38(30)16-15-29(35-19-26-7-3-5-9-33(26)41-35)36-20-27-8-4-6-10-34(27)42-36;/h3-15,17-20,22H,16,21H2,1-2H3;1H/q+1;/p-1. The van der Waals surface area contributed by atoms with E-state index in [4.69, 9.17) is 8.83 Å². The number of benzene rings is 4.